The molecule has 0 aliphatic carbocycles. The molecule has 0 spiro atoms. The van der Waals surface area contributed by atoms with Gasteiger partial charge in [-0.2, -0.15) is 4.31 Å². The first kappa shape index (κ1) is 18.1. The molecule has 7 nitrogen and oxygen atoms in total. The highest BCUT2D eigenvalue weighted by molar-refractivity contribution is 9.11. The lowest BCUT2D eigenvalue weighted by Crippen LogP contribution is -2.42. The third-order valence-corrected chi connectivity index (χ3v) is 6.86. The Balaban J connectivity index is 2.52. The van der Waals surface area contributed by atoms with Gasteiger partial charge in [-0.15, -0.1) is 11.3 Å². The number of nitrogens with zero attached hydrogens (tertiary/aromatic N) is 3. The molecule has 0 radical (unpaired) electrons. The number of hydrogen-bond donors (Lipinski definition) is 0. The van der Waals surface area contributed by atoms with E-state index in [-0.39, 0.29) is 13.1 Å². The molecule has 23 heavy (non-hydrogen) atoms. The lowest BCUT2D eigenvalue weighted by molar-refractivity contribution is 0.423. The predicted octanol–water partition coefficient (Wildman–Crippen LogP) is 1.12. The van der Waals surface area contributed by atoms with Crippen molar-refractivity contribution in [3.63, 3.8) is 0 Å². The van der Waals surface area contributed by atoms with E-state index in [9.17, 15) is 18.0 Å². The van der Waals surface area contributed by atoms with E-state index in [0.717, 1.165) is 24.0 Å². The summed E-state index contributed by atoms with van der Waals surface area (Å²) in [6, 6.07) is 3.66. The van der Waals surface area contributed by atoms with Crippen molar-refractivity contribution >= 4 is 37.3 Å². The number of hydrogen-bond acceptors (Lipinski definition) is 5. The molecule has 0 atom stereocenters. The average Bonchev–Trinajstić information content (AvgIpc) is 2.91. The Labute approximate surface area is 146 Å². The van der Waals surface area contributed by atoms with Crippen molar-refractivity contribution in [1.29, 1.82) is 0 Å². The van der Waals surface area contributed by atoms with Crippen molar-refractivity contribution in [2.75, 3.05) is 6.54 Å². The molecule has 0 saturated heterocycles. The van der Waals surface area contributed by atoms with Crippen LogP contribution in [0.15, 0.2) is 36.6 Å². The van der Waals surface area contributed by atoms with E-state index >= 15 is 0 Å². The fraction of sp³-hybridized carbons (Fsp3) is 0.385. The van der Waals surface area contributed by atoms with Gasteiger partial charge in [0.2, 0.25) is 10.0 Å². The van der Waals surface area contributed by atoms with E-state index < -0.39 is 26.2 Å². The Morgan fingerprint density at radius 1 is 1.26 bits per heavy atom. The molecule has 0 aromatic carbocycles. The second-order valence-electron chi connectivity index (χ2n) is 4.89. The van der Waals surface area contributed by atoms with Crippen LogP contribution in [0.4, 0.5) is 0 Å². The van der Waals surface area contributed by atoms with Gasteiger partial charge in [0.05, 0.1) is 3.79 Å². The minimum absolute atomic E-state index is 0.168. The minimum atomic E-state index is -4.00. The molecular weight excluding hydrogens is 406 g/mol. The number of rotatable bonds is 5. The second-order valence-corrected chi connectivity index (χ2v) is 9.34. The van der Waals surface area contributed by atoms with Crippen LogP contribution in [-0.2, 0) is 30.7 Å². The molecule has 0 saturated carbocycles. The topological polar surface area (TPSA) is 81.4 Å². The number of sulfonamides is 1. The summed E-state index contributed by atoms with van der Waals surface area (Å²) in [7, 11) is -1.33. The molecule has 0 N–H and O–H groups in total. The summed E-state index contributed by atoms with van der Waals surface area (Å²) < 4.78 is 29.6. The summed E-state index contributed by atoms with van der Waals surface area (Å²) in [6.45, 7) is 2.08. The van der Waals surface area contributed by atoms with Gasteiger partial charge in [0.1, 0.15) is 0 Å². The molecule has 126 valence electrons. The molecule has 2 rings (SSSR count). The first-order chi connectivity index (χ1) is 10.7. The number of aromatic nitrogens is 2. The monoisotopic (exact) mass is 421 g/mol. The first-order valence-corrected chi connectivity index (χ1v) is 9.74. The molecule has 2 aromatic rings. The lowest BCUT2D eigenvalue weighted by Gasteiger charge is -2.20. The Hall–Kier alpha value is -1.23. The third kappa shape index (κ3) is 3.49. The van der Waals surface area contributed by atoms with Crippen LogP contribution in [0.3, 0.4) is 0 Å². The van der Waals surface area contributed by atoms with Crippen molar-refractivity contribution in [2.24, 2.45) is 14.1 Å². The van der Waals surface area contributed by atoms with Crippen molar-refractivity contribution in [3.05, 3.63) is 47.8 Å². The molecular formula is C13H16BrN3O4S2. The molecule has 2 aromatic heterocycles. The van der Waals surface area contributed by atoms with Crippen molar-refractivity contribution in [1.82, 2.24) is 13.4 Å². The molecule has 2 heterocycles. The van der Waals surface area contributed by atoms with Gasteiger partial charge in [-0.1, -0.05) is 6.92 Å². The molecule has 0 fully saturated rings. The van der Waals surface area contributed by atoms with Crippen LogP contribution in [0, 0.1) is 0 Å². The Morgan fingerprint density at radius 3 is 2.43 bits per heavy atom. The van der Waals surface area contributed by atoms with Crippen LogP contribution in [0.25, 0.3) is 0 Å². The van der Waals surface area contributed by atoms with Crippen LogP contribution in [0.5, 0.6) is 0 Å². The highest BCUT2D eigenvalue weighted by Crippen LogP contribution is 2.25. The van der Waals surface area contributed by atoms with Gasteiger partial charge in [-0.05, 0) is 28.1 Å². The number of thiophene rings is 1. The van der Waals surface area contributed by atoms with E-state index in [4.69, 9.17) is 0 Å². The van der Waals surface area contributed by atoms with Crippen LogP contribution in [0.1, 0.15) is 11.8 Å². The third-order valence-electron chi connectivity index (χ3n) is 3.35. The second kappa shape index (κ2) is 6.71. The van der Waals surface area contributed by atoms with Gasteiger partial charge in [0, 0.05) is 38.3 Å². The van der Waals surface area contributed by atoms with E-state index in [1.54, 1.807) is 6.92 Å². The Kier molecular flexibility index (Phi) is 5.29. The molecule has 0 amide bonds. The highest BCUT2D eigenvalue weighted by Gasteiger charge is 2.28. The largest absolute Gasteiger partial charge is 0.330 e. The fourth-order valence-electron chi connectivity index (χ4n) is 2.07. The Morgan fingerprint density at radius 2 is 1.91 bits per heavy atom. The van der Waals surface area contributed by atoms with E-state index in [2.05, 4.69) is 15.9 Å². The maximum Gasteiger partial charge on any atom is 0.330 e. The Bertz CT molecular complexity index is 943. The van der Waals surface area contributed by atoms with Gasteiger partial charge < -0.3 is 4.57 Å². The van der Waals surface area contributed by atoms with Crippen LogP contribution in [0.2, 0.25) is 0 Å². The van der Waals surface area contributed by atoms with E-state index in [1.165, 1.54) is 29.7 Å². The number of aryl methyl sites for hydroxylation is 1. The normalized spacial score (nSPS) is 12.0. The maximum atomic E-state index is 12.8. The van der Waals surface area contributed by atoms with Crippen molar-refractivity contribution < 1.29 is 8.42 Å². The predicted molar refractivity (Wildman–Crippen MR) is 92.2 cm³/mol. The fourth-order valence-corrected chi connectivity index (χ4v) is 5.23. The zero-order valence-electron chi connectivity index (χ0n) is 12.8. The summed E-state index contributed by atoms with van der Waals surface area (Å²) in [5.74, 6) is 0. The standard InChI is InChI=1S/C13H16BrN3O4S2/c1-4-17(7-9-5-6-11(14)22-9)23(20,21)10-8-15(2)13(19)16(3)12(10)18/h5-6,8H,4,7H2,1-3H3. The summed E-state index contributed by atoms with van der Waals surface area (Å²) in [6.07, 6.45) is 1.08. The van der Waals surface area contributed by atoms with Crippen LogP contribution in [-0.4, -0.2) is 28.4 Å². The van der Waals surface area contributed by atoms with Gasteiger partial charge in [0.25, 0.3) is 5.56 Å². The molecule has 0 aliphatic rings. The summed E-state index contributed by atoms with van der Waals surface area (Å²) in [5, 5.41) is 0. The van der Waals surface area contributed by atoms with Gasteiger partial charge >= 0.3 is 5.69 Å². The first-order valence-electron chi connectivity index (χ1n) is 6.69. The SMILES string of the molecule is CCN(Cc1ccc(Br)s1)S(=O)(=O)c1cn(C)c(=O)n(C)c1=O. The average molecular weight is 422 g/mol. The van der Waals surface area contributed by atoms with Crippen LogP contribution < -0.4 is 11.2 Å². The van der Waals surface area contributed by atoms with Crippen LogP contribution >= 0.6 is 27.3 Å². The smallest absolute Gasteiger partial charge is 0.302 e. The summed E-state index contributed by atoms with van der Waals surface area (Å²) in [4.78, 5) is 24.4. The summed E-state index contributed by atoms with van der Waals surface area (Å²) in [5.41, 5.74) is -1.39. The van der Waals surface area contributed by atoms with Gasteiger partial charge in [-0.3, -0.25) is 9.36 Å². The minimum Gasteiger partial charge on any atom is -0.302 e. The molecule has 0 aliphatic heterocycles. The zero-order chi connectivity index (χ0) is 17.4. The van der Waals surface area contributed by atoms with Crippen molar-refractivity contribution in [3.8, 4) is 0 Å². The summed E-state index contributed by atoms with van der Waals surface area (Å²) >= 11 is 4.76. The van der Waals surface area contributed by atoms with E-state index in [1.807, 2.05) is 12.1 Å². The van der Waals surface area contributed by atoms with Gasteiger partial charge in [0.15, 0.2) is 4.90 Å². The maximum absolute atomic E-state index is 12.8. The quantitative estimate of drug-likeness (QED) is 0.723. The number of halogens is 1. The molecule has 0 unspecified atom stereocenters. The highest BCUT2D eigenvalue weighted by atomic mass is 79.9. The molecule has 10 heteroatoms. The molecule has 0 bridgehead atoms. The van der Waals surface area contributed by atoms with E-state index in [0.29, 0.717) is 0 Å². The lowest BCUT2D eigenvalue weighted by atomic mass is 10.4. The van der Waals surface area contributed by atoms with Gasteiger partial charge in [-0.25, -0.2) is 13.2 Å². The van der Waals surface area contributed by atoms with Crippen molar-refractivity contribution in [2.45, 2.75) is 18.4 Å². The zero-order valence-corrected chi connectivity index (χ0v) is 16.0.